The minimum absolute atomic E-state index is 0.0984. The van der Waals surface area contributed by atoms with E-state index in [2.05, 4.69) is 11.3 Å². The molecule has 4 nitrogen and oxygen atoms in total. The van der Waals surface area contributed by atoms with E-state index in [0.29, 0.717) is 0 Å². The number of thioether (sulfide) groups is 1. The third-order valence-corrected chi connectivity index (χ3v) is 4.69. The summed E-state index contributed by atoms with van der Waals surface area (Å²) in [4.78, 5) is 22.8. The SMILES string of the molecule is C=C(C)C(=O)OC(C)NC(=O)SC(C)C(F)(F)C(F)(F)C(F)(F)C(F)(F)C(F)(F)C(F)(F)F. The summed E-state index contributed by atoms with van der Waals surface area (Å²) >= 11 is -0.945. The second-order valence-electron chi connectivity index (χ2n) is 6.44. The number of carbonyl (C=O) groups is 2. The van der Waals surface area contributed by atoms with Crippen LogP contribution < -0.4 is 5.32 Å². The van der Waals surface area contributed by atoms with Crippen molar-refractivity contribution in [2.24, 2.45) is 0 Å². The van der Waals surface area contributed by atoms with Crippen LogP contribution in [0, 0.1) is 0 Å². The first-order valence-electron chi connectivity index (χ1n) is 8.08. The highest BCUT2D eigenvalue weighted by atomic mass is 32.2. The van der Waals surface area contributed by atoms with Crippen LogP contribution >= 0.6 is 11.8 Å². The van der Waals surface area contributed by atoms with Gasteiger partial charge in [-0.25, -0.2) is 4.79 Å². The molecule has 0 heterocycles. The summed E-state index contributed by atoms with van der Waals surface area (Å²) in [5.74, 6) is -38.9. The molecule has 0 aromatic carbocycles. The van der Waals surface area contributed by atoms with Gasteiger partial charge in [-0.1, -0.05) is 18.3 Å². The van der Waals surface area contributed by atoms with Crippen molar-refractivity contribution < 1.29 is 71.4 Å². The quantitative estimate of drug-likeness (QED) is 0.170. The molecule has 0 aliphatic rings. The van der Waals surface area contributed by atoms with Crippen LogP contribution in [0.4, 0.5) is 61.9 Å². The zero-order valence-corrected chi connectivity index (χ0v) is 17.2. The van der Waals surface area contributed by atoms with Crippen LogP contribution in [0.1, 0.15) is 20.8 Å². The van der Waals surface area contributed by atoms with Gasteiger partial charge < -0.3 is 10.1 Å². The number of ether oxygens (including phenoxy) is 1. The molecule has 0 radical (unpaired) electrons. The second kappa shape index (κ2) is 9.40. The minimum atomic E-state index is -8.02. The largest absolute Gasteiger partial charge is 0.460 e. The van der Waals surface area contributed by atoms with Crippen molar-refractivity contribution in [1.29, 1.82) is 0 Å². The summed E-state index contributed by atoms with van der Waals surface area (Å²) in [6.07, 6.45) is -9.14. The van der Waals surface area contributed by atoms with Crippen molar-refractivity contribution >= 4 is 23.0 Å². The molecule has 0 aliphatic heterocycles. The first kappa shape index (κ1) is 31.1. The standard InChI is InChI=1S/C15H14F13NO3S/c1-5(2)8(30)32-7(4)29-9(31)33-6(3)10(16,17)11(18,19)12(20,21)13(22,23)14(24,25)15(26,27)28/h6-7H,1H2,2-4H3,(H,29,31). The zero-order valence-electron chi connectivity index (χ0n) is 16.4. The molecule has 194 valence electrons. The van der Waals surface area contributed by atoms with E-state index in [1.807, 2.05) is 0 Å². The molecular weight excluding hydrogens is 521 g/mol. The Bertz CT molecular complexity index is 767. The van der Waals surface area contributed by atoms with Crippen molar-refractivity contribution in [3.05, 3.63) is 12.2 Å². The van der Waals surface area contributed by atoms with Crippen molar-refractivity contribution in [2.45, 2.75) is 68.0 Å². The Morgan fingerprint density at radius 3 is 1.55 bits per heavy atom. The summed E-state index contributed by atoms with van der Waals surface area (Å²) in [7, 11) is 0. The maximum Gasteiger partial charge on any atom is 0.460 e. The van der Waals surface area contributed by atoms with E-state index < -0.39 is 70.2 Å². The number of hydrogen-bond donors (Lipinski definition) is 1. The summed E-state index contributed by atoms with van der Waals surface area (Å²) in [5.41, 5.74) is -0.206. The van der Waals surface area contributed by atoms with Crippen LogP contribution in [-0.4, -0.2) is 58.5 Å². The third kappa shape index (κ3) is 5.62. The number of esters is 1. The number of hydrogen-bond acceptors (Lipinski definition) is 4. The average Bonchev–Trinajstić information content (AvgIpc) is 2.59. The Hall–Kier alpha value is -1.88. The van der Waals surface area contributed by atoms with E-state index in [0.717, 1.165) is 13.8 Å². The molecule has 1 N–H and O–H groups in total. The highest BCUT2D eigenvalue weighted by molar-refractivity contribution is 8.14. The fourth-order valence-corrected chi connectivity index (χ4v) is 2.61. The second-order valence-corrected chi connectivity index (χ2v) is 7.75. The van der Waals surface area contributed by atoms with Crippen LogP contribution in [0.3, 0.4) is 0 Å². The van der Waals surface area contributed by atoms with Gasteiger partial charge in [-0.3, -0.25) is 4.79 Å². The summed E-state index contributed by atoms with van der Waals surface area (Å²) in [5, 5.41) is -3.57. The minimum Gasteiger partial charge on any atom is -0.439 e. The van der Waals surface area contributed by atoms with Gasteiger partial charge in [-0.15, -0.1) is 0 Å². The zero-order chi connectivity index (χ0) is 27.0. The molecule has 0 fully saturated rings. The Morgan fingerprint density at radius 2 is 1.18 bits per heavy atom. The van der Waals surface area contributed by atoms with Crippen LogP contribution in [0.5, 0.6) is 0 Å². The summed E-state index contributed by atoms with van der Waals surface area (Å²) < 4.78 is 175. The molecule has 18 heteroatoms. The highest BCUT2D eigenvalue weighted by Gasteiger charge is 2.91. The van der Waals surface area contributed by atoms with Crippen molar-refractivity contribution in [1.82, 2.24) is 5.32 Å². The van der Waals surface area contributed by atoms with Gasteiger partial charge >= 0.3 is 41.8 Å². The van der Waals surface area contributed by atoms with E-state index >= 15 is 0 Å². The van der Waals surface area contributed by atoms with Crippen LogP contribution in [0.2, 0.25) is 0 Å². The van der Waals surface area contributed by atoms with Crippen molar-refractivity contribution in [3.63, 3.8) is 0 Å². The van der Waals surface area contributed by atoms with E-state index in [9.17, 15) is 66.7 Å². The lowest BCUT2D eigenvalue weighted by molar-refractivity contribution is -0.439. The third-order valence-electron chi connectivity index (χ3n) is 3.71. The Morgan fingerprint density at radius 1 is 0.788 bits per heavy atom. The lowest BCUT2D eigenvalue weighted by Gasteiger charge is -2.41. The molecule has 1 amide bonds. The number of rotatable bonds is 9. The van der Waals surface area contributed by atoms with Gasteiger partial charge in [0, 0.05) is 5.57 Å². The molecule has 0 aromatic rings. The van der Waals surface area contributed by atoms with Crippen molar-refractivity contribution in [2.75, 3.05) is 0 Å². The summed E-state index contributed by atoms with van der Waals surface area (Å²) in [6.45, 7) is 5.10. The van der Waals surface area contributed by atoms with Gasteiger partial charge in [0.05, 0.1) is 5.25 Å². The molecule has 2 unspecified atom stereocenters. The number of nitrogens with one attached hydrogen (secondary N) is 1. The summed E-state index contributed by atoms with van der Waals surface area (Å²) in [6, 6.07) is 0. The van der Waals surface area contributed by atoms with Crippen LogP contribution in [0.15, 0.2) is 12.2 Å². The van der Waals surface area contributed by atoms with Gasteiger partial charge in [0.2, 0.25) is 0 Å². The van der Waals surface area contributed by atoms with Crippen LogP contribution in [-0.2, 0) is 9.53 Å². The van der Waals surface area contributed by atoms with E-state index in [-0.39, 0.29) is 12.5 Å². The maximum absolute atomic E-state index is 13.9. The monoisotopic (exact) mass is 535 g/mol. The van der Waals surface area contributed by atoms with Gasteiger partial charge in [0.1, 0.15) is 0 Å². The number of alkyl halides is 13. The molecule has 0 saturated heterocycles. The molecule has 33 heavy (non-hydrogen) atoms. The normalized spacial score (nSPS) is 16.1. The molecule has 0 rings (SSSR count). The predicted molar refractivity (Wildman–Crippen MR) is 86.7 cm³/mol. The Kier molecular flexibility index (Phi) is 8.87. The fraction of sp³-hybridized carbons (Fsp3) is 0.733. The number of halogens is 13. The lowest BCUT2D eigenvalue weighted by Crippen LogP contribution is -2.71. The molecule has 0 bridgehead atoms. The topological polar surface area (TPSA) is 55.4 Å². The smallest absolute Gasteiger partial charge is 0.439 e. The van der Waals surface area contributed by atoms with Crippen LogP contribution in [0.25, 0.3) is 0 Å². The Labute approximate surface area is 180 Å². The first-order chi connectivity index (χ1) is 14.3. The predicted octanol–water partition coefficient (Wildman–Crippen LogP) is 6.02. The highest BCUT2D eigenvalue weighted by Crippen LogP contribution is 2.61. The van der Waals surface area contributed by atoms with Crippen molar-refractivity contribution in [3.8, 4) is 0 Å². The molecule has 0 saturated carbocycles. The van der Waals surface area contributed by atoms with Gasteiger partial charge in [-0.2, -0.15) is 57.1 Å². The maximum atomic E-state index is 13.9. The molecular formula is C15H14F13NO3S. The van der Waals surface area contributed by atoms with E-state index in [4.69, 9.17) is 0 Å². The Balaban J connectivity index is 5.82. The lowest BCUT2D eigenvalue weighted by atomic mass is 9.93. The molecule has 0 spiro atoms. The van der Waals surface area contributed by atoms with Gasteiger partial charge in [0.15, 0.2) is 6.23 Å². The number of amides is 1. The number of carbonyl (C=O) groups excluding carboxylic acids is 2. The fourth-order valence-electron chi connectivity index (χ4n) is 1.76. The van der Waals surface area contributed by atoms with Gasteiger partial charge in [-0.05, 0) is 20.8 Å². The molecule has 2 atom stereocenters. The molecule has 0 aromatic heterocycles. The first-order valence-corrected chi connectivity index (χ1v) is 8.96. The average molecular weight is 535 g/mol. The van der Waals surface area contributed by atoms with E-state index in [1.54, 1.807) is 5.32 Å². The van der Waals surface area contributed by atoms with E-state index in [1.165, 1.54) is 0 Å². The van der Waals surface area contributed by atoms with Gasteiger partial charge in [0.25, 0.3) is 5.24 Å². The molecule has 0 aliphatic carbocycles.